The predicted octanol–water partition coefficient (Wildman–Crippen LogP) is 6.14. The molecule has 0 radical (unpaired) electrons. The van der Waals surface area contributed by atoms with Crippen LogP contribution in [0.15, 0.2) is 71.6 Å². The van der Waals surface area contributed by atoms with E-state index in [9.17, 15) is 18.0 Å². The molecule has 0 saturated carbocycles. The van der Waals surface area contributed by atoms with Crippen molar-refractivity contribution in [3.8, 4) is 0 Å². The molecule has 0 aromatic heterocycles. The van der Waals surface area contributed by atoms with Gasteiger partial charge in [0.15, 0.2) is 0 Å². The Morgan fingerprint density at radius 3 is 2.08 bits per heavy atom. The maximum Gasteiger partial charge on any atom is 0.264 e. The Morgan fingerprint density at radius 2 is 1.50 bits per heavy atom. The van der Waals surface area contributed by atoms with E-state index in [2.05, 4.69) is 5.32 Å². The van der Waals surface area contributed by atoms with Gasteiger partial charge in [-0.05, 0) is 87.7 Å². The number of benzene rings is 3. The molecule has 2 atom stereocenters. The molecule has 0 heterocycles. The number of carbonyl (C=O) groups is 2. The largest absolute Gasteiger partial charge is 0.352 e. The van der Waals surface area contributed by atoms with E-state index in [-0.39, 0.29) is 23.4 Å². The molecule has 3 aromatic rings. The van der Waals surface area contributed by atoms with Crippen molar-refractivity contribution in [2.45, 2.75) is 64.6 Å². The highest BCUT2D eigenvalue weighted by molar-refractivity contribution is 7.92. The molecule has 0 aliphatic carbocycles. The van der Waals surface area contributed by atoms with Crippen LogP contribution in [0.3, 0.4) is 0 Å². The second kappa shape index (κ2) is 13.5. The minimum absolute atomic E-state index is 0.0482. The average molecular weight is 605 g/mol. The summed E-state index contributed by atoms with van der Waals surface area (Å²) in [6.07, 6.45) is 0.724. The van der Waals surface area contributed by atoms with Crippen LogP contribution >= 0.6 is 23.2 Å². The molecule has 0 spiro atoms. The van der Waals surface area contributed by atoms with Crippen molar-refractivity contribution in [1.82, 2.24) is 10.2 Å². The molecular weight excluding hydrogens is 569 g/mol. The second-order valence-corrected chi connectivity index (χ2v) is 12.6. The molecular formula is C30H35Cl2N3O4S. The smallest absolute Gasteiger partial charge is 0.264 e. The van der Waals surface area contributed by atoms with Gasteiger partial charge < -0.3 is 10.2 Å². The molecule has 3 aromatic carbocycles. The fourth-order valence-electron chi connectivity index (χ4n) is 4.08. The zero-order chi connectivity index (χ0) is 29.6. The summed E-state index contributed by atoms with van der Waals surface area (Å²) in [7, 11) is -4.16. The molecule has 1 N–H and O–H groups in total. The summed E-state index contributed by atoms with van der Waals surface area (Å²) in [6, 6.07) is 17.2. The van der Waals surface area contributed by atoms with Crippen molar-refractivity contribution in [3.63, 3.8) is 0 Å². The summed E-state index contributed by atoms with van der Waals surface area (Å²) in [4.78, 5) is 28.6. The molecule has 0 bridgehead atoms. The van der Waals surface area contributed by atoms with Crippen molar-refractivity contribution >= 4 is 50.7 Å². The Bertz CT molecular complexity index is 1440. The van der Waals surface area contributed by atoms with E-state index in [1.165, 1.54) is 17.0 Å². The zero-order valence-corrected chi connectivity index (χ0v) is 25.6. The summed E-state index contributed by atoms with van der Waals surface area (Å²) in [5, 5.41) is 3.90. The standard InChI is InChI=1S/C30H35Cl2N3O4S/c1-6-22(4)33-30(37)23(5)34(18-24-9-11-25(31)12-10-24)29(36)19-35(28-16-13-26(32)17-21(28)3)40(38,39)27-14-7-20(2)8-15-27/h7-17,22-23H,6,18-19H2,1-5H3,(H,33,37)/t22-,23+/m1/s1. The van der Waals surface area contributed by atoms with Crippen LogP contribution in [0.25, 0.3) is 0 Å². The number of sulfonamides is 1. The molecule has 7 nitrogen and oxygen atoms in total. The lowest BCUT2D eigenvalue weighted by molar-refractivity contribution is -0.139. The highest BCUT2D eigenvalue weighted by Gasteiger charge is 2.33. The summed E-state index contributed by atoms with van der Waals surface area (Å²) >= 11 is 12.2. The van der Waals surface area contributed by atoms with E-state index >= 15 is 0 Å². The number of nitrogens with zero attached hydrogens (tertiary/aromatic N) is 2. The average Bonchev–Trinajstić information content (AvgIpc) is 2.91. The van der Waals surface area contributed by atoms with Gasteiger partial charge in [0.25, 0.3) is 10.0 Å². The van der Waals surface area contributed by atoms with E-state index in [0.717, 1.165) is 21.9 Å². The highest BCUT2D eigenvalue weighted by atomic mass is 35.5. The number of rotatable bonds is 11. The van der Waals surface area contributed by atoms with Gasteiger partial charge in [-0.1, -0.05) is 60.0 Å². The molecule has 3 rings (SSSR count). The number of carbonyl (C=O) groups excluding carboxylic acids is 2. The van der Waals surface area contributed by atoms with E-state index < -0.39 is 28.5 Å². The van der Waals surface area contributed by atoms with Crippen LogP contribution in [0.5, 0.6) is 0 Å². The van der Waals surface area contributed by atoms with Gasteiger partial charge in [0.1, 0.15) is 12.6 Å². The molecule has 0 aliphatic heterocycles. The van der Waals surface area contributed by atoms with Gasteiger partial charge in [0, 0.05) is 22.6 Å². The fourth-order valence-corrected chi connectivity index (χ4v) is 5.92. The van der Waals surface area contributed by atoms with Crippen molar-refractivity contribution in [2.24, 2.45) is 0 Å². The lowest BCUT2D eigenvalue weighted by atomic mass is 10.1. The van der Waals surface area contributed by atoms with Gasteiger partial charge >= 0.3 is 0 Å². The lowest BCUT2D eigenvalue weighted by Crippen LogP contribution is -2.52. The topological polar surface area (TPSA) is 86.8 Å². The van der Waals surface area contributed by atoms with Crippen LogP contribution in [0.4, 0.5) is 5.69 Å². The molecule has 40 heavy (non-hydrogen) atoms. The zero-order valence-electron chi connectivity index (χ0n) is 23.3. The van der Waals surface area contributed by atoms with Gasteiger partial charge in [0.05, 0.1) is 10.6 Å². The third-order valence-corrected chi connectivity index (χ3v) is 9.01. The van der Waals surface area contributed by atoms with Gasteiger partial charge in [0.2, 0.25) is 11.8 Å². The van der Waals surface area contributed by atoms with Crippen LogP contribution in [-0.4, -0.2) is 43.8 Å². The molecule has 10 heteroatoms. The van der Waals surface area contributed by atoms with Crippen LogP contribution in [0.1, 0.15) is 43.9 Å². The van der Waals surface area contributed by atoms with Crippen molar-refractivity contribution in [1.29, 1.82) is 0 Å². The monoisotopic (exact) mass is 603 g/mol. The summed E-state index contributed by atoms with van der Waals surface area (Å²) in [5.74, 6) is -0.862. The highest BCUT2D eigenvalue weighted by Crippen LogP contribution is 2.29. The number of anilines is 1. The number of aryl methyl sites for hydroxylation is 2. The summed E-state index contributed by atoms with van der Waals surface area (Å²) < 4.78 is 29.0. The minimum Gasteiger partial charge on any atom is -0.352 e. The molecule has 0 unspecified atom stereocenters. The van der Waals surface area contributed by atoms with Crippen molar-refractivity contribution in [2.75, 3.05) is 10.8 Å². The quantitative estimate of drug-likeness (QED) is 0.285. The molecule has 0 aliphatic rings. The van der Waals surface area contributed by atoms with Crippen LogP contribution in [0.2, 0.25) is 10.0 Å². The Hall–Kier alpha value is -3.07. The number of hydrogen-bond donors (Lipinski definition) is 1. The Balaban J connectivity index is 2.05. The first-order chi connectivity index (χ1) is 18.8. The fraction of sp³-hybridized carbons (Fsp3) is 0.333. The number of amides is 2. The SMILES string of the molecule is CC[C@@H](C)NC(=O)[C@H](C)N(Cc1ccc(Cl)cc1)C(=O)CN(c1ccc(Cl)cc1C)S(=O)(=O)c1ccc(C)cc1. The first kappa shape index (κ1) is 31.5. The Morgan fingerprint density at radius 1 is 0.900 bits per heavy atom. The van der Waals surface area contributed by atoms with Crippen LogP contribution in [-0.2, 0) is 26.2 Å². The van der Waals surface area contributed by atoms with Crippen LogP contribution in [0, 0.1) is 13.8 Å². The molecule has 214 valence electrons. The Labute approximate surface area is 247 Å². The summed E-state index contributed by atoms with van der Waals surface area (Å²) in [5.41, 5.74) is 2.56. The van der Waals surface area contributed by atoms with Gasteiger partial charge in [-0.15, -0.1) is 0 Å². The maximum absolute atomic E-state index is 14.0. The molecule has 2 amide bonds. The van der Waals surface area contributed by atoms with Crippen molar-refractivity contribution in [3.05, 3.63) is 93.5 Å². The number of nitrogens with one attached hydrogen (secondary N) is 1. The minimum atomic E-state index is -4.16. The van der Waals surface area contributed by atoms with Crippen LogP contribution < -0.4 is 9.62 Å². The third kappa shape index (κ3) is 7.77. The first-order valence-electron chi connectivity index (χ1n) is 13.0. The van der Waals surface area contributed by atoms with Gasteiger partial charge in [-0.2, -0.15) is 0 Å². The van der Waals surface area contributed by atoms with Crippen molar-refractivity contribution < 1.29 is 18.0 Å². The first-order valence-corrected chi connectivity index (χ1v) is 15.2. The number of hydrogen-bond acceptors (Lipinski definition) is 4. The van der Waals surface area contributed by atoms with E-state index in [4.69, 9.17) is 23.2 Å². The lowest BCUT2D eigenvalue weighted by Gasteiger charge is -2.33. The third-order valence-electron chi connectivity index (χ3n) is 6.75. The predicted molar refractivity (Wildman–Crippen MR) is 161 cm³/mol. The molecule has 0 fully saturated rings. The van der Waals surface area contributed by atoms with E-state index in [1.54, 1.807) is 68.4 Å². The molecule has 0 saturated heterocycles. The summed E-state index contributed by atoms with van der Waals surface area (Å²) in [6.45, 7) is 8.64. The van der Waals surface area contributed by atoms with E-state index in [1.807, 2.05) is 20.8 Å². The number of halogens is 2. The normalized spacial score (nSPS) is 12.9. The second-order valence-electron chi connectivity index (χ2n) is 9.90. The van der Waals surface area contributed by atoms with Gasteiger partial charge in [-0.3, -0.25) is 13.9 Å². The Kier molecular flexibility index (Phi) is 10.6. The maximum atomic E-state index is 14.0. The van der Waals surface area contributed by atoms with Gasteiger partial charge in [-0.25, -0.2) is 8.42 Å². The van der Waals surface area contributed by atoms with E-state index in [0.29, 0.717) is 21.3 Å².